The zero-order valence-electron chi connectivity index (χ0n) is 10.2. The minimum absolute atomic E-state index is 0.0382. The molecule has 2 aromatic rings. The molecule has 0 aliphatic carbocycles. The quantitative estimate of drug-likeness (QED) is 0.529. The number of aryl methyl sites for hydroxylation is 2. The lowest BCUT2D eigenvalue weighted by Crippen LogP contribution is -2.25. The van der Waals surface area contributed by atoms with Gasteiger partial charge in [0.1, 0.15) is 7.05 Å². The van der Waals surface area contributed by atoms with Gasteiger partial charge in [-0.2, -0.15) is 0 Å². The molecule has 86 valence electrons. The molecule has 0 saturated carbocycles. The van der Waals surface area contributed by atoms with Crippen molar-refractivity contribution in [3.8, 4) is 11.5 Å². The summed E-state index contributed by atoms with van der Waals surface area (Å²) in [5.41, 5.74) is 0.705. The number of nitrogens with zero attached hydrogens (tertiary/aromatic N) is 1. The molecule has 0 atom stereocenters. The number of fused-ring (bicyclic) bond motifs is 1. The fourth-order valence-corrected chi connectivity index (χ4v) is 1.58. The molecular formula is C13H18NO2+. The molecule has 0 aliphatic rings. The fourth-order valence-electron chi connectivity index (χ4n) is 1.58. The molecule has 16 heavy (non-hydrogen) atoms. The number of phenols is 2. The maximum absolute atomic E-state index is 9.54. The normalized spacial score (nSPS) is 9.75. The van der Waals surface area contributed by atoms with Gasteiger partial charge in [0, 0.05) is 11.6 Å². The largest absolute Gasteiger partial charge is 0.504 e. The molecule has 0 spiro atoms. The Morgan fingerprint density at radius 2 is 1.81 bits per heavy atom. The first-order valence-corrected chi connectivity index (χ1v) is 5.40. The molecule has 3 nitrogen and oxygen atoms in total. The van der Waals surface area contributed by atoms with Crippen molar-refractivity contribution in [1.82, 2.24) is 0 Å². The monoisotopic (exact) mass is 220 g/mol. The van der Waals surface area contributed by atoms with Crippen molar-refractivity contribution < 1.29 is 14.8 Å². The van der Waals surface area contributed by atoms with Crippen molar-refractivity contribution in [3.05, 3.63) is 30.1 Å². The van der Waals surface area contributed by atoms with E-state index in [1.807, 2.05) is 43.9 Å². The summed E-state index contributed by atoms with van der Waals surface area (Å²) in [7, 11) is 1.92. The Morgan fingerprint density at radius 1 is 1.19 bits per heavy atom. The van der Waals surface area contributed by atoms with Gasteiger partial charge in [0.05, 0.1) is 5.39 Å². The fraction of sp³-hybridized carbons (Fsp3) is 0.308. The lowest BCUT2D eigenvalue weighted by Gasteiger charge is -2.04. The van der Waals surface area contributed by atoms with Gasteiger partial charge in [-0.3, -0.25) is 0 Å². The first kappa shape index (κ1) is 12.3. The summed E-state index contributed by atoms with van der Waals surface area (Å²) in [6, 6.07) is 3.47. The van der Waals surface area contributed by atoms with Gasteiger partial charge < -0.3 is 10.2 Å². The number of aromatic nitrogens is 1. The lowest BCUT2D eigenvalue weighted by atomic mass is 10.1. The topological polar surface area (TPSA) is 44.3 Å². The van der Waals surface area contributed by atoms with E-state index in [-0.39, 0.29) is 11.5 Å². The maximum atomic E-state index is 9.54. The van der Waals surface area contributed by atoms with Crippen LogP contribution in [0.15, 0.2) is 24.5 Å². The number of benzene rings is 1. The Balaban J connectivity index is 0.000000606. The molecule has 0 radical (unpaired) electrons. The molecule has 3 heteroatoms. The predicted octanol–water partition coefficient (Wildman–Crippen LogP) is 2.41. The van der Waals surface area contributed by atoms with Crippen molar-refractivity contribution in [2.75, 3.05) is 0 Å². The van der Waals surface area contributed by atoms with Crippen molar-refractivity contribution in [2.24, 2.45) is 7.05 Å². The summed E-state index contributed by atoms with van der Waals surface area (Å²) in [4.78, 5) is 0. The molecule has 0 saturated heterocycles. The van der Waals surface area contributed by atoms with Crippen LogP contribution in [0, 0.1) is 6.92 Å². The third-order valence-electron chi connectivity index (χ3n) is 2.43. The SMILES string of the molecule is CC.Cc1c(O)c(O)cc2cc[n+](C)cc12. The van der Waals surface area contributed by atoms with E-state index in [4.69, 9.17) is 0 Å². The van der Waals surface area contributed by atoms with Crippen LogP contribution in [-0.2, 0) is 7.05 Å². The summed E-state index contributed by atoms with van der Waals surface area (Å²) in [5.74, 6) is -0.104. The van der Waals surface area contributed by atoms with Crippen molar-refractivity contribution >= 4 is 10.8 Å². The van der Waals surface area contributed by atoms with Gasteiger partial charge >= 0.3 is 0 Å². The van der Waals surface area contributed by atoms with Crippen LogP contribution in [0.2, 0.25) is 0 Å². The molecule has 2 rings (SSSR count). The van der Waals surface area contributed by atoms with Crippen LogP contribution < -0.4 is 4.57 Å². The summed E-state index contributed by atoms with van der Waals surface area (Å²) in [5, 5.41) is 20.8. The first-order valence-electron chi connectivity index (χ1n) is 5.40. The van der Waals surface area contributed by atoms with E-state index >= 15 is 0 Å². The Kier molecular flexibility index (Phi) is 3.72. The second-order valence-corrected chi connectivity index (χ2v) is 3.48. The van der Waals surface area contributed by atoms with E-state index in [2.05, 4.69) is 0 Å². The minimum atomic E-state index is -0.0659. The van der Waals surface area contributed by atoms with Crippen LogP contribution in [-0.4, -0.2) is 10.2 Å². The highest BCUT2D eigenvalue weighted by Gasteiger charge is 2.10. The number of hydrogen-bond donors (Lipinski definition) is 2. The van der Waals surface area contributed by atoms with Crippen LogP contribution in [0.5, 0.6) is 11.5 Å². The number of hydrogen-bond acceptors (Lipinski definition) is 2. The molecule has 1 aromatic heterocycles. The van der Waals surface area contributed by atoms with Gasteiger partial charge in [0.2, 0.25) is 0 Å². The molecule has 0 bridgehead atoms. The number of phenolic OH excluding ortho intramolecular Hbond substituents is 2. The summed E-state index contributed by atoms with van der Waals surface area (Å²) < 4.78 is 1.91. The van der Waals surface area contributed by atoms with Crippen LogP contribution >= 0.6 is 0 Å². The Morgan fingerprint density at radius 3 is 2.44 bits per heavy atom. The second-order valence-electron chi connectivity index (χ2n) is 3.48. The summed E-state index contributed by atoms with van der Waals surface area (Å²) >= 11 is 0. The molecule has 0 fully saturated rings. The van der Waals surface area contributed by atoms with Gasteiger partial charge in [-0.25, -0.2) is 4.57 Å². The third-order valence-corrected chi connectivity index (χ3v) is 2.43. The molecule has 1 aromatic carbocycles. The molecular weight excluding hydrogens is 202 g/mol. The minimum Gasteiger partial charge on any atom is -0.504 e. The standard InChI is InChI=1S/C11H11NO2.C2H6/c1-7-9-6-12(2)4-3-8(9)5-10(13)11(7)14;1-2/h3-6,14H,1-2H3;1-2H3/p+1. The van der Waals surface area contributed by atoms with Crippen molar-refractivity contribution in [1.29, 1.82) is 0 Å². The highest BCUT2D eigenvalue weighted by Crippen LogP contribution is 2.34. The van der Waals surface area contributed by atoms with Crippen LogP contribution in [0.1, 0.15) is 19.4 Å². The molecule has 0 unspecified atom stereocenters. The molecule has 0 amide bonds. The zero-order chi connectivity index (χ0) is 12.3. The van der Waals surface area contributed by atoms with Gasteiger partial charge in [0.25, 0.3) is 0 Å². The summed E-state index contributed by atoms with van der Waals surface area (Å²) in [6.45, 7) is 5.79. The van der Waals surface area contributed by atoms with E-state index in [1.54, 1.807) is 13.0 Å². The average Bonchev–Trinajstić information content (AvgIpc) is 2.30. The Labute approximate surface area is 95.6 Å². The number of rotatable bonds is 0. The van der Waals surface area contributed by atoms with Crippen LogP contribution in [0.3, 0.4) is 0 Å². The van der Waals surface area contributed by atoms with Gasteiger partial charge in [-0.1, -0.05) is 13.8 Å². The Bertz CT molecular complexity index is 507. The van der Waals surface area contributed by atoms with Gasteiger partial charge in [-0.05, 0) is 18.4 Å². The predicted molar refractivity (Wildman–Crippen MR) is 64.5 cm³/mol. The third kappa shape index (κ3) is 2.08. The zero-order valence-corrected chi connectivity index (χ0v) is 10.2. The highest BCUT2D eigenvalue weighted by molar-refractivity contribution is 5.88. The van der Waals surface area contributed by atoms with Crippen molar-refractivity contribution in [2.45, 2.75) is 20.8 Å². The van der Waals surface area contributed by atoms with E-state index in [1.165, 1.54) is 0 Å². The highest BCUT2D eigenvalue weighted by atomic mass is 16.3. The van der Waals surface area contributed by atoms with E-state index in [0.29, 0.717) is 5.56 Å². The summed E-state index contributed by atoms with van der Waals surface area (Å²) in [6.07, 6.45) is 3.82. The van der Waals surface area contributed by atoms with Crippen LogP contribution in [0.4, 0.5) is 0 Å². The maximum Gasteiger partial charge on any atom is 0.176 e. The lowest BCUT2D eigenvalue weighted by molar-refractivity contribution is -0.670. The number of pyridine rings is 1. The second kappa shape index (κ2) is 4.84. The van der Waals surface area contributed by atoms with Gasteiger partial charge in [0.15, 0.2) is 23.9 Å². The Hall–Kier alpha value is -1.77. The number of aromatic hydroxyl groups is 2. The van der Waals surface area contributed by atoms with Crippen molar-refractivity contribution in [3.63, 3.8) is 0 Å². The molecule has 1 heterocycles. The smallest absolute Gasteiger partial charge is 0.176 e. The molecule has 0 aliphatic heterocycles. The van der Waals surface area contributed by atoms with Gasteiger partial charge in [-0.15, -0.1) is 0 Å². The van der Waals surface area contributed by atoms with E-state index < -0.39 is 0 Å². The van der Waals surface area contributed by atoms with Crippen LogP contribution in [0.25, 0.3) is 10.8 Å². The molecule has 2 N–H and O–H groups in total. The van der Waals surface area contributed by atoms with E-state index in [0.717, 1.165) is 10.8 Å². The van der Waals surface area contributed by atoms with E-state index in [9.17, 15) is 10.2 Å². The average molecular weight is 220 g/mol. The first-order chi connectivity index (χ1) is 7.59.